The quantitative estimate of drug-likeness (QED) is 0.582. The minimum absolute atomic E-state index is 0.363. The van der Waals surface area contributed by atoms with Crippen molar-refractivity contribution in [2.75, 3.05) is 19.6 Å². The summed E-state index contributed by atoms with van der Waals surface area (Å²) >= 11 is 0. The molecule has 2 aliphatic heterocycles. The molecule has 2 fully saturated rings. The van der Waals surface area contributed by atoms with Gasteiger partial charge in [-0.2, -0.15) is 0 Å². The molecule has 1 N–H and O–H groups in total. The first-order valence-corrected chi connectivity index (χ1v) is 5.06. The van der Waals surface area contributed by atoms with Gasteiger partial charge in [0.2, 0.25) is 0 Å². The van der Waals surface area contributed by atoms with E-state index in [-0.39, 0.29) is 0 Å². The molecule has 2 nitrogen and oxygen atoms in total. The van der Waals surface area contributed by atoms with Crippen LogP contribution in [-0.4, -0.2) is 36.1 Å². The molecule has 2 atom stereocenters. The molecule has 0 radical (unpaired) electrons. The van der Waals surface area contributed by atoms with Gasteiger partial charge in [-0.15, -0.1) is 0 Å². The zero-order chi connectivity index (χ0) is 8.77. The highest BCUT2D eigenvalue weighted by molar-refractivity contribution is 4.96. The van der Waals surface area contributed by atoms with Crippen molar-refractivity contribution in [3.8, 4) is 0 Å². The van der Waals surface area contributed by atoms with Crippen LogP contribution in [0.25, 0.3) is 0 Å². The number of likely N-dealkylation sites (tertiary alicyclic amines) is 1. The molecule has 0 saturated carbocycles. The van der Waals surface area contributed by atoms with Crippen molar-refractivity contribution in [1.82, 2.24) is 10.2 Å². The van der Waals surface area contributed by atoms with E-state index >= 15 is 0 Å². The highest BCUT2D eigenvalue weighted by Crippen LogP contribution is 2.27. The van der Waals surface area contributed by atoms with Crippen molar-refractivity contribution >= 4 is 0 Å². The Morgan fingerprint density at radius 2 is 2.08 bits per heavy atom. The van der Waals surface area contributed by atoms with E-state index in [1.165, 1.54) is 26.1 Å². The molecular formula is C10H20N2. The fourth-order valence-corrected chi connectivity index (χ4v) is 2.23. The Labute approximate surface area is 75.3 Å². The fraction of sp³-hybridized carbons (Fsp3) is 1.00. The van der Waals surface area contributed by atoms with Gasteiger partial charge >= 0.3 is 0 Å². The Morgan fingerprint density at radius 3 is 2.50 bits per heavy atom. The van der Waals surface area contributed by atoms with Crippen molar-refractivity contribution in [3.05, 3.63) is 0 Å². The SMILES string of the molecule is CC(C)(C)N1CC[C@@H]2CN[C@@H]2C1. The van der Waals surface area contributed by atoms with Crippen molar-refractivity contribution in [3.63, 3.8) is 0 Å². The van der Waals surface area contributed by atoms with E-state index in [1.807, 2.05) is 0 Å². The van der Waals surface area contributed by atoms with E-state index in [0.29, 0.717) is 5.54 Å². The number of hydrogen-bond acceptors (Lipinski definition) is 2. The van der Waals surface area contributed by atoms with Crippen LogP contribution in [-0.2, 0) is 0 Å². The zero-order valence-electron chi connectivity index (χ0n) is 8.43. The molecule has 0 aromatic carbocycles. The summed E-state index contributed by atoms with van der Waals surface area (Å²) < 4.78 is 0. The Balaban J connectivity index is 1.94. The average Bonchev–Trinajstić information content (AvgIpc) is 1.89. The van der Waals surface area contributed by atoms with E-state index < -0.39 is 0 Å². The molecule has 2 aliphatic rings. The lowest BCUT2D eigenvalue weighted by molar-refractivity contribution is 0.0288. The standard InChI is InChI=1S/C10H20N2/c1-10(2,3)12-5-4-8-6-11-9(8)7-12/h8-9,11H,4-7H2,1-3H3/t8-,9-/m1/s1. The summed E-state index contributed by atoms with van der Waals surface area (Å²) in [4.78, 5) is 2.60. The van der Waals surface area contributed by atoms with Crippen LogP contribution in [0.5, 0.6) is 0 Å². The Morgan fingerprint density at radius 1 is 1.33 bits per heavy atom. The Hall–Kier alpha value is -0.0800. The van der Waals surface area contributed by atoms with Gasteiger partial charge in [-0.25, -0.2) is 0 Å². The first-order valence-electron chi connectivity index (χ1n) is 5.06. The smallest absolute Gasteiger partial charge is 0.0236 e. The lowest BCUT2D eigenvalue weighted by Gasteiger charge is -2.50. The average molecular weight is 168 g/mol. The maximum atomic E-state index is 3.51. The molecule has 2 heteroatoms. The summed E-state index contributed by atoms with van der Waals surface area (Å²) in [6.45, 7) is 10.8. The lowest BCUT2D eigenvalue weighted by atomic mass is 9.83. The van der Waals surface area contributed by atoms with Crippen LogP contribution in [0.3, 0.4) is 0 Å². The van der Waals surface area contributed by atoms with Crippen LogP contribution < -0.4 is 5.32 Å². The van der Waals surface area contributed by atoms with Gasteiger partial charge in [-0.3, -0.25) is 4.90 Å². The Kier molecular flexibility index (Phi) is 1.92. The third-order valence-corrected chi connectivity index (χ3v) is 3.35. The second-order valence-corrected chi connectivity index (χ2v) is 5.18. The van der Waals surface area contributed by atoms with Gasteiger partial charge < -0.3 is 5.32 Å². The summed E-state index contributed by atoms with van der Waals surface area (Å²) in [6, 6.07) is 0.804. The van der Waals surface area contributed by atoms with Crippen LogP contribution in [0.1, 0.15) is 27.2 Å². The number of nitrogens with one attached hydrogen (secondary N) is 1. The van der Waals surface area contributed by atoms with E-state index in [9.17, 15) is 0 Å². The van der Waals surface area contributed by atoms with E-state index in [4.69, 9.17) is 0 Å². The largest absolute Gasteiger partial charge is 0.312 e. The van der Waals surface area contributed by atoms with Crippen LogP contribution in [0, 0.1) is 5.92 Å². The molecule has 2 rings (SSSR count). The van der Waals surface area contributed by atoms with Crippen molar-refractivity contribution < 1.29 is 0 Å². The number of hydrogen-bond donors (Lipinski definition) is 1. The van der Waals surface area contributed by atoms with Gasteiger partial charge in [0.25, 0.3) is 0 Å². The van der Waals surface area contributed by atoms with Gasteiger partial charge in [0.1, 0.15) is 0 Å². The minimum Gasteiger partial charge on any atom is -0.312 e. The lowest BCUT2D eigenvalue weighted by Crippen LogP contribution is -2.64. The van der Waals surface area contributed by atoms with Gasteiger partial charge in [-0.1, -0.05) is 0 Å². The summed E-state index contributed by atoms with van der Waals surface area (Å²) in [7, 11) is 0. The summed E-state index contributed by atoms with van der Waals surface area (Å²) in [5.41, 5.74) is 0.363. The highest BCUT2D eigenvalue weighted by Gasteiger charge is 2.38. The van der Waals surface area contributed by atoms with E-state index in [0.717, 1.165) is 12.0 Å². The van der Waals surface area contributed by atoms with Gasteiger partial charge in [-0.05, 0) is 46.2 Å². The summed E-state index contributed by atoms with van der Waals surface area (Å²) in [5.74, 6) is 0.989. The maximum Gasteiger partial charge on any atom is 0.0236 e. The molecule has 0 amide bonds. The first-order chi connectivity index (χ1) is 5.57. The van der Waals surface area contributed by atoms with Crippen LogP contribution >= 0.6 is 0 Å². The van der Waals surface area contributed by atoms with Crippen molar-refractivity contribution in [1.29, 1.82) is 0 Å². The first kappa shape index (κ1) is 8.52. The fourth-order valence-electron chi connectivity index (χ4n) is 2.23. The minimum atomic E-state index is 0.363. The highest BCUT2D eigenvalue weighted by atomic mass is 15.2. The maximum absolute atomic E-state index is 3.51. The molecule has 12 heavy (non-hydrogen) atoms. The van der Waals surface area contributed by atoms with Crippen molar-refractivity contribution in [2.24, 2.45) is 5.92 Å². The molecule has 0 aliphatic carbocycles. The van der Waals surface area contributed by atoms with Crippen LogP contribution in [0.2, 0.25) is 0 Å². The van der Waals surface area contributed by atoms with E-state index in [2.05, 4.69) is 31.0 Å². The van der Waals surface area contributed by atoms with Crippen LogP contribution in [0.4, 0.5) is 0 Å². The zero-order valence-corrected chi connectivity index (χ0v) is 8.43. The molecule has 0 aromatic rings. The molecule has 0 bridgehead atoms. The van der Waals surface area contributed by atoms with Crippen LogP contribution in [0.15, 0.2) is 0 Å². The molecule has 70 valence electrons. The second kappa shape index (κ2) is 2.71. The third kappa shape index (κ3) is 1.38. The predicted molar refractivity (Wildman–Crippen MR) is 51.2 cm³/mol. The van der Waals surface area contributed by atoms with E-state index in [1.54, 1.807) is 0 Å². The monoisotopic (exact) mass is 168 g/mol. The number of nitrogens with zero attached hydrogens (tertiary/aromatic N) is 1. The van der Waals surface area contributed by atoms with Gasteiger partial charge in [0, 0.05) is 18.1 Å². The normalized spacial score (nSPS) is 37.2. The molecule has 0 aromatic heterocycles. The molecule has 2 saturated heterocycles. The number of fused-ring (bicyclic) bond motifs is 1. The topological polar surface area (TPSA) is 15.3 Å². The molecule has 2 heterocycles. The Bertz CT molecular complexity index is 171. The summed E-state index contributed by atoms with van der Waals surface area (Å²) in [5, 5.41) is 3.51. The summed E-state index contributed by atoms with van der Waals surface area (Å²) in [6.07, 6.45) is 1.40. The van der Waals surface area contributed by atoms with Gasteiger partial charge in [0.15, 0.2) is 0 Å². The molecule has 0 unspecified atom stereocenters. The predicted octanol–water partition coefficient (Wildman–Crippen LogP) is 1.08. The number of rotatable bonds is 0. The number of piperidine rings is 1. The molecular weight excluding hydrogens is 148 g/mol. The van der Waals surface area contributed by atoms with Crippen molar-refractivity contribution in [2.45, 2.75) is 38.8 Å². The third-order valence-electron chi connectivity index (χ3n) is 3.35. The second-order valence-electron chi connectivity index (χ2n) is 5.18. The van der Waals surface area contributed by atoms with Gasteiger partial charge in [0.05, 0.1) is 0 Å². The molecule has 0 spiro atoms.